The number of aryl methyl sites for hydroxylation is 1. The van der Waals surface area contributed by atoms with Gasteiger partial charge in [0.05, 0.1) is 12.0 Å². The number of nitrogens with one attached hydrogen (secondary N) is 2. The summed E-state index contributed by atoms with van der Waals surface area (Å²) in [6, 6.07) is 8.22. The van der Waals surface area contributed by atoms with Crippen molar-refractivity contribution < 1.29 is 9.53 Å². The topological polar surface area (TPSA) is 50.4 Å². The second-order valence-corrected chi connectivity index (χ2v) is 6.22. The number of amides is 1. The molecule has 1 aliphatic rings. The lowest BCUT2D eigenvalue weighted by Crippen LogP contribution is -2.47. The number of piperidine rings is 1. The number of carbonyl (C=O) groups excluding carboxylic acids is 1. The molecule has 5 heteroatoms. The zero-order valence-electron chi connectivity index (χ0n) is 14.2. The van der Waals surface area contributed by atoms with E-state index in [-0.39, 0.29) is 18.3 Å². The lowest BCUT2D eigenvalue weighted by molar-refractivity contribution is -0.130. The molecule has 0 spiro atoms. The molecule has 130 valence electrons. The maximum Gasteiger partial charge on any atom is 0.233 e. The molecule has 23 heavy (non-hydrogen) atoms. The fourth-order valence-corrected chi connectivity index (χ4v) is 3.02. The zero-order valence-corrected chi connectivity index (χ0v) is 15.0. The predicted molar refractivity (Wildman–Crippen MR) is 97.3 cm³/mol. The first kappa shape index (κ1) is 19.9. The van der Waals surface area contributed by atoms with Crippen molar-refractivity contribution in [1.82, 2.24) is 5.32 Å². The van der Waals surface area contributed by atoms with E-state index in [1.165, 1.54) is 18.4 Å². The molecule has 2 N–H and O–H groups in total. The number of anilines is 1. The highest BCUT2D eigenvalue weighted by Crippen LogP contribution is 2.31. The number of rotatable bonds is 7. The number of ether oxygens (including phenoxy) is 1. The highest BCUT2D eigenvalue weighted by molar-refractivity contribution is 5.95. The highest BCUT2D eigenvalue weighted by Gasteiger charge is 2.39. The normalized spacial score (nSPS) is 16.4. The van der Waals surface area contributed by atoms with Gasteiger partial charge in [-0.2, -0.15) is 0 Å². The lowest BCUT2D eigenvalue weighted by atomic mass is 9.78. The fourth-order valence-electron chi connectivity index (χ4n) is 3.02. The van der Waals surface area contributed by atoms with Crippen molar-refractivity contribution in [2.75, 3.05) is 32.1 Å². The van der Waals surface area contributed by atoms with Gasteiger partial charge in [0, 0.05) is 12.8 Å². The standard InChI is InChI=1S/C18H28N2O2.ClH/c1-3-4-5-15-6-8-16(9-7-15)20-17(21)18(14-22-2)10-12-19-13-11-18;/h6-9,19H,3-5,10-14H2,1-2H3,(H,20,21);1H. The Morgan fingerprint density at radius 1 is 1.26 bits per heavy atom. The van der Waals surface area contributed by atoms with Crippen molar-refractivity contribution in [3.8, 4) is 0 Å². The quantitative estimate of drug-likeness (QED) is 0.799. The van der Waals surface area contributed by atoms with Crippen molar-refractivity contribution in [2.45, 2.75) is 39.0 Å². The Labute approximate surface area is 145 Å². The third-order valence-corrected chi connectivity index (χ3v) is 4.49. The largest absolute Gasteiger partial charge is 0.384 e. The minimum absolute atomic E-state index is 0. The molecule has 1 amide bonds. The van der Waals surface area contributed by atoms with Gasteiger partial charge in [-0.05, 0) is 56.5 Å². The highest BCUT2D eigenvalue weighted by atomic mass is 35.5. The van der Waals surface area contributed by atoms with Crippen LogP contribution in [0.2, 0.25) is 0 Å². The molecular weight excluding hydrogens is 312 g/mol. The Hall–Kier alpha value is -1.10. The number of halogens is 1. The van der Waals surface area contributed by atoms with Crippen LogP contribution in [0.25, 0.3) is 0 Å². The van der Waals surface area contributed by atoms with Gasteiger partial charge in [-0.15, -0.1) is 12.4 Å². The molecule has 0 saturated carbocycles. The second-order valence-electron chi connectivity index (χ2n) is 6.22. The van der Waals surface area contributed by atoms with E-state index < -0.39 is 5.41 Å². The summed E-state index contributed by atoms with van der Waals surface area (Å²) in [4.78, 5) is 12.7. The number of hydrogen-bond acceptors (Lipinski definition) is 3. The van der Waals surface area contributed by atoms with Gasteiger partial charge in [0.1, 0.15) is 0 Å². The van der Waals surface area contributed by atoms with Crippen LogP contribution < -0.4 is 10.6 Å². The molecule has 1 fully saturated rings. The Morgan fingerprint density at radius 2 is 1.91 bits per heavy atom. The summed E-state index contributed by atoms with van der Waals surface area (Å²) in [5, 5.41) is 6.38. The van der Waals surface area contributed by atoms with Gasteiger partial charge in [-0.1, -0.05) is 25.5 Å². The van der Waals surface area contributed by atoms with Crippen molar-refractivity contribution in [2.24, 2.45) is 5.41 Å². The van der Waals surface area contributed by atoms with Gasteiger partial charge in [-0.3, -0.25) is 4.79 Å². The monoisotopic (exact) mass is 340 g/mol. The number of carbonyl (C=O) groups is 1. The van der Waals surface area contributed by atoms with Crippen LogP contribution in [-0.4, -0.2) is 32.7 Å². The summed E-state index contributed by atoms with van der Waals surface area (Å²) in [6.07, 6.45) is 5.15. The first-order valence-corrected chi connectivity index (χ1v) is 8.30. The smallest absolute Gasteiger partial charge is 0.233 e. The number of methoxy groups -OCH3 is 1. The van der Waals surface area contributed by atoms with E-state index in [9.17, 15) is 4.79 Å². The Balaban J connectivity index is 0.00000264. The van der Waals surface area contributed by atoms with Crippen LogP contribution >= 0.6 is 12.4 Å². The molecule has 0 radical (unpaired) electrons. The van der Waals surface area contributed by atoms with Gasteiger partial charge in [0.2, 0.25) is 5.91 Å². The minimum atomic E-state index is -0.402. The molecule has 1 aromatic rings. The third kappa shape index (κ3) is 5.48. The van der Waals surface area contributed by atoms with Crippen molar-refractivity contribution >= 4 is 24.0 Å². The van der Waals surface area contributed by atoms with Crippen LogP contribution in [0.3, 0.4) is 0 Å². The Kier molecular flexibility index (Phi) is 8.59. The first-order chi connectivity index (χ1) is 10.7. The molecular formula is C18H29ClN2O2. The van der Waals surface area contributed by atoms with E-state index in [1.54, 1.807) is 7.11 Å². The van der Waals surface area contributed by atoms with Crippen LogP contribution in [-0.2, 0) is 16.0 Å². The van der Waals surface area contributed by atoms with Crippen LogP contribution in [0.1, 0.15) is 38.2 Å². The molecule has 1 saturated heterocycles. The van der Waals surface area contributed by atoms with Crippen LogP contribution in [0, 0.1) is 5.41 Å². The van der Waals surface area contributed by atoms with E-state index in [4.69, 9.17) is 4.74 Å². The summed E-state index contributed by atoms with van der Waals surface area (Å²) in [7, 11) is 1.67. The van der Waals surface area contributed by atoms with E-state index >= 15 is 0 Å². The third-order valence-electron chi connectivity index (χ3n) is 4.49. The second kappa shape index (κ2) is 9.91. The maximum absolute atomic E-state index is 12.7. The summed E-state index contributed by atoms with van der Waals surface area (Å²) in [5.41, 5.74) is 1.80. The predicted octanol–water partition coefficient (Wildman–Crippen LogP) is 3.41. The summed E-state index contributed by atoms with van der Waals surface area (Å²) < 4.78 is 5.32. The molecule has 1 aliphatic heterocycles. The maximum atomic E-state index is 12.7. The number of benzene rings is 1. The van der Waals surface area contributed by atoms with Gasteiger partial charge in [-0.25, -0.2) is 0 Å². The van der Waals surface area contributed by atoms with Crippen molar-refractivity contribution in [3.05, 3.63) is 29.8 Å². The SMILES string of the molecule is CCCCc1ccc(NC(=O)C2(COC)CCNCC2)cc1.Cl. The summed E-state index contributed by atoms with van der Waals surface area (Å²) >= 11 is 0. The molecule has 0 unspecified atom stereocenters. The van der Waals surface area contributed by atoms with E-state index in [2.05, 4.69) is 29.7 Å². The zero-order chi connectivity index (χ0) is 15.8. The summed E-state index contributed by atoms with van der Waals surface area (Å²) in [6.45, 7) is 4.41. The van der Waals surface area contributed by atoms with Gasteiger partial charge in [0.15, 0.2) is 0 Å². The average molecular weight is 341 g/mol. The van der Waals surface area contributed by atoms with Crippen LogP contribution in [0.4, 0.5) is 5.69 Å². The Morgan fingerprint density at radius 3 is 2.48 bits per heavy atom. The molecule has 0 bridgehead atoms. The molecule has 0 aromatic heterocycles. The average Bonchev–Trinajstić information content (AvgIpc) is 2.55. The van der Waals surface area contributed by atoms with E-state index in [0.29, 0.717) is 6.61 Å². The van der Waals surface area contributed by atoms with Crippen molar-refractivity contribution in [1.29, 1.82) is 0 Å². The van der Waals surface area contributed by atoms with Crippen LogP contribution in [0.5, 0.6) is 0 Å². The summed E-state index contributed by atoms with van der Waals surface area (Å²) in [5.74, 6) is 0.0807. The van der Waals surface area contributed by atoms with Gasteiger partial charge in [0.25, 0.3) is 0 Å². The fraction of sp³-hybridized carbons (Fsp3) is 0.611. The Bertz CT molecular complexity index is 465. The minimum Gasteiger partial charge on any atom is -0.384 e. The van der Waals surface area contributed by atoms with E-state index in [1.807, 2.05) is 12.1 Å². The first-order valence-electron chi connectivity index (χ1n) is 8.30. The van der Waals surface area contributed by atoms with Crippen molar-refractivity contribution in [3.63, 3.8) is 0 Å². The molecule has 2 rings (SSSR count). The van der Waals surface area contributed by atoms with Gasteiger partial charge < -0.3 is 15.4 Å². The molecule has 0 aliphatic carbocycles. The molecule has 1 aromatic carbocycles. The lowest BCUT2D eigenvalue weighted by Gasteiger charge is -2.35. The van der Waals surface area contributed by atoms with E-state index in [0.717, 1.165) is 38.0 Å². The molecule has 0 atom stereocenters. The van der Waals surface area contributed by atoms with Gasteiger partial charge >= 0.3 is 0 Å². The molecule has 1 heterocycles. The van der Waals surface area contributed by atoms with Crippen LogP contribution in [0.15, 0.2) is 24.3 Å². The number of unbranched alkanes of at least 4 members (excludes halogenated alkanes) is 1. The molecule has 4 nitrogen and oxygen atoms in total. The number of hydrogen-bond donors (Lipinski definition) is 2.